The van der Waals surface area contributed by atoms with Gasteiger partial charge < -0.3 is 9.47 Å². The van der Waals surface area contributed by atoms with Crippen molar-refractivity contribution in [2.75, 3.05) is 14.2 Å². The average molecular weight is 256 g/mol. The molecule has 0 aromatic carbocycles. The molecule has 0 aliphatic carbocycles. The first-order valence-corrected chi connectivity index (χ1v) is 7.43. The van der Waals surface area contributed by atoms with Crippen molar-refractivity contribution >= 4 is 0 Å². The molecule has 2 nitrogen and oxygen atoms in total. The smallest absolute Gasteiger partial charge is 0.173 e. The first kappa shape index (κ1) is 17.7. The summed E-state index contributed by atoms with van der Waals surface area (Å²) in [6, 6.07) is 0. The Morgan fingerprint density at radius 3 is 2.00 bits per heavy atom. The zero-order chi connectivity index (χ0) is 13.9. The van der Waals surface area contributed by atoms with Crippen LogP contribution < -0.4 is 0 Å². The van der Waals surface area contributed by atoms with Crippen molar-refractivity contribution in [1.82, 2.24) is 0 Å². The predicted molar refractivity (Wildman–Crippen MR) is 78.7 cm³/mol. The van der Waals surface area contributed by atoms with E-state index in [-0.39, 0.29) is 5.92 Å². The van der Waals surface area contributed by atoms with Gasteiger partial charge in [-0.3, -0.25) is 0 Å². The summed E-state index contributed by atoms with van der Waals surface area (Å²) in [5.74, 6) is -0.200. The van der Waals surface area contributed by atoms with Crippen molar-refractivity contribution in [3.63, 3.8) is 0 Å². The molecule has 0 rings (SSSR count). The van der Waals surface area contributed by atoms with E-state index in [4.69, 9.17) is 9.47 Å². The standard InChI is InChI=1S/C16H32O2/c1-6-9-10-11-12-13-14-15(7-2)16(8-3,17-4)18-5/h7,15H,2,6,8-14H2,1,3-5H3. The van der Waals surface area contributed by atoms with Gasteiger partial charge in [0.15, 0.2) is 5.79 Å². The number of ether oxygens (including phenoxy) is 2. The summed E-state index contributed by atoms with van der Waals surface area (Å²) < 4.78 is 11.2. The topological polar surface area (TPSA) is 18.5 Å². The molecule has 0 heterocycles. The lowest BCUT2D eigenvalue weighted by molar-refractivity contribution is -0.233. The van der Waals surface area contributed by atoms with Gasteiger partial charge in [0.25, 0.3) is 0 Å². The van der Waals surface area contributed by atoms with Gasteiger partial charge in [0.1, 0.15) is 0 Å². The largest absolute Gasteiger partial charge is 0.353 e. The molecule has 2 heteroatoms. The number of rotatable bonds is 12. The second-order valence-electron chi connectivity index (χ2n) is 4.97. The molecular formula is C16H32O2. The first-order chi connectivity index (χ1) is 8.70. The summed E-state index contributed by atoms with van der Waals surface area (Å²) in [4.78, 5) is 0. The molecule has 1 atom stereocenters. The predicted octanol–water partition coefficient (Wildman–Crippen LogP) is 4.94. The van der Waals surface area contributed by atoms with E-state index >= 15 is 0 Å². The molecule has 0 bridgehead atoms. The fourth-order valence-corrected chi connectivity index (χ4v) is 2.60. The van der Waals surface area contributed by atoms with Crippen LogP contribution in [-0.4, -0.2) is 20.0 Å². The van der Waals surface area contributed by atoms with Crippen LogP contribution in [0, 0.1) is 5.92 Å². The molecule has 18 heavy (non-hydrogen) atoms. The van der Waals surface area contributed by atoms with Crippen LogP contribution in [-0.2, 0) is 9.47 Å². The van der Waals surface area contributed by atoms with Gasteiger partial charge in [0.05, 0.1) is 0 Å². The molecule has 0 aromatic heterocycles. The molecule has 0 fully saturated rings. The van der Waals surface area contributed by atoms with Crippen LogP contribution >= 0.6 is 0 Å². The van der Waals surface area contributed by atoms with Gasteiger partial charge in [-0.05, 0) is 12.8 Å². The van der Waals surface area contributed by atoms with Crippen LogP contribution in [0.5, 0.6) is 0 Å². The van der Waals surface area contributed by atoms with E-state index in [1.807, 2.05) is 6.08 Å². The maximum atomic E-state index is 5.59. The highest BCUT2D eigenvalue weighted by Gasteiger charge is 2.35. The van der Waals surface area contributed by atoms with Gasteiger partial charge in [-0.1, -0.05) is 58.4 Å². The molecule has 1 unspecified atom stereocenters. The number of hydrogen-bond acceptors (Lipinski definition) is 2. The number of hydrogen-bond donors (Lipinski definition) is 0. The third kappa shape index (κ3) is 5.53. The molecule has 0 aliphatic heterocycles. The van der Waals surface area contributed by atoms with Crippen molar-refractivity contribution in [3.8, 4) is 0 Å². The van der Waals surface area contributed by atoms with Crippen LogP contribution in [0.1, 0.15) is 65.2 Å². The van der Waals surface area contributed by atoms with Crippen molar-refractivity contribution < 1.29 is 9.47 Å². The average Bonchev–Trinajstić information content (AvgIpc) is 2.42. The zero-order valence-corrected chi connectivity index (χ0v) is 12.8. The summed E-state index contributed by atoms with van der Waals surface area (Å²) in [5.41, 5.74) is 0. The maximum absolute atomic E-state index is 5.59. The van der Waals surface area contributed by atoms with Gasteiger partial charge in [0, 0.05) is 20.1 Å². The third-order valence-corrected chi connectivity index (χ3v) is 3.90. The lowest BCUT2D eigenvalue weighted by atomic mass is 9.90. The molecular weight excluding hydrogens is 224 g/mol. The van der Waals surface area contributed by atoms with E-state index in [0.717, 1.165) is 12.8 Å². The van der Waals surface area contributed by atoms with Gasteiger partial charge in [-0.25, -0.2) is 0 Å². The second-order valence-corrected chi connectivity index (χ2v) is 4.97. The Labute approximate surface area is 114 Å². The van der Waals surface area contributed by atoms with Crippen molar-refractivity contribution in [2.24, 2.45) is 5.92 Å². The summed E-state index contributed by atoms with van der Waals surface area (Å²) >= 11 is 0. The van der Waals surface area contributed by atoms with Crippen LogP contribution in [0.4, 0.5) is 0 Å². The van der Waals surface area contributed by atoms with Gasteiger partial charge in [-0.2, -0.15) is 0 Å². The maximum Gasteiger partial charge on any atom is 0.173 e. The highest BCUT2D eigenvalue weighted by atomic mass is 16.7. The molecule has 0 saturated heterocycles. The molecule has 0 radical (unpaired) electrons. The fraction of sp³-hybridized carbons (Fsp3) is 0.875. The first-order valence-electron chi connectivity index (χ1n) is 7.43. The van der Waals surface area contributed by atoms with Crippen molar-refractivity contribution in [2.45, 2.75) is 71.0 Å². The third-order valence-electron chi connectivity index (χ3n) is 3.90. The monoisotopic (exact) mass is 256 g/mol. The van der Waals surface area contributed by atoms with E-state index in [2.05, 4.69) is 20.4 Å². The summed E-state index contributed by atoms with van der Waals surface area (Å²) in [5, 5.41) is 0. The molecule has 0 aromatic rings. The van der Waals surface area contributed by atoms with Crippen LogP contribution in [0.2, 0.25) is 0 Å². The summed E-state index contributed by atoms with van der Waals surface area (Å²) in [7, 11) is 3.45. The highest BCUT2D eigenvalue weighted by molar-refractivity contribution is 4.90. The molecule has 0 N–H and O–H groups in total. The molecule has 0 saturated carbocycles. The van der Waals surface area contributed by atoms with Gasteiger partial charge in [-0.15, -0.1) is 6.58 Å². The summed E-state index contributed by atoms with van der Waals surface area (Å²) in [6.07, 6.45) is 11.9. The van der Waals surface area contributed by atoms with Crippen LogP contribution in [0.3, 0.4) is 0 Å². The van der Waals surface area contributed by atoms with Crippen molar-refractivity contribution in [3.05, 3.63) is 12.7 Å². The minimum absolute atomic E-state index is 0.281. The van der Waals surface area contributed by atoms with Gasteiger partial charge in [0.2, 0.25) is 0 Å². The Balaban J connectivity index is 4.05. The van der Waals surface area contributed by atoms with Crippen LogP contribution in [0.25, 0.3) is 0 Å². The Bertz CT molecular complexity index is 189. The Morgan fingerprint density at radius 1 is 1.00 bits per heavy atom. The fourth-order valence-electron chi connectivity index (χ4n) is 2.60. The van der Waals surface area contributed by atoms with E-state index in [1.54, 1.807) is 14.2 Å². The number of unbranched alkanes of at least 4 members (excludes halogenated alkanes) is 5. The van der Waals surface area contributed by atoms with Crippen LogP contribution in [0.15, 0.2) is 12.7 Å². The number of methoxy groups -OCH3 is 2. The van der Waals surface area contributed by atoms with E-state index < -0.39 is 5.79 Å². The highest BCUT2D eigenvalue weighted by Crippen LogP contribution is 2.31. The minimum Gasteiger partial charge on any atom is -0.353 e. The normalized spacial score (nSPS) is 13.6. The molecule has 0 spiro atoms. The zero-order valence-electron chi connectivity index (χ0n) is 12.8. The Hall–Kier alpha value is -0.340. The quantitative estimate of drug-likeness (QED) is 0.280. The lowest BCUT2D eigenvalue weighted by Gasteiger charge is -2.36. The summed E-state index contributed by atoms with van der Waals surface area (Å²) in [6.45, 7) is 8.29. The van der Waals surface area contributed by atoms with Gasteiger partial charge >= 0.3 is 0 Å². The Kier molecular flexibility index (Phi) is 10.4. The van der Waals surface area contributed by atoms with E-state index in [9.17, 15) is 0 Å². The molecule has 108 valence electrons. The second kappa shape index (κ2) is 10.6. The van der Waals surface area contributed by atoms with E-state index in [0.29, 0.717) is 0 Å². The molecule has 0 amide bonds. The lowest BCUT2D eigenvalue weighted by Crippen LogP contribution is -2.40. The van der Waals surface area contributed by atoms with E-state index in [1.165, 1.54) is 38.5 Å². The Morgan fingerprint density at radius 2 is 1.56 bits per heavy atom. The molecule has 0 aliphatic rings. The minimum atomic E-state index is -0.481. The SMILES string of the molecule is C=CC(CCCCCCCC)C(CC)(OC)OC. The van der Waals surface area contributed by atoms with Crippen molar-refractivity contribution in [1.29, 1.82) is 0 Å².